The smallest absolute Gasteiger partial charge is 0.309 e. The zero-order valence-corrected chi connectivity index (χ0v) is 15.6. The molecule has 2 aromatic rings. The highest BCUT2D eigenvalue weighted by atomic mass is 127. The van der Waals surface area contributed by atoms with Gasteiger partial charge >= 0.3 is 12.4 Å². The number of nitrogens with zero attached hydrogens (tertiary/aromatic N) is 2. The lowest BCUT2D eigenvalue weighted by Crippen LogP contribution is -2.28. The Morgan fingerprint density at radius 2 is 1.54 bits per heavy atom. The Balaban J connectivity index is 2.54. The van der Waals surface area contributed by atoms with Crippen molar-refractivity contribution in [2.45, 2.75) is 12.4 Å². The molecule has 0 N–H and O–H groups in total. The summed E-state index contributed by atoms with van der Waals surface area (Å²) in [6.07, 6.45) is -8.88. The predicted molar refractivity (Wildman–Crippen MR) is 91.1 cm³/mol. The molecule has 26 heavy (non-hydrogen) atoms. The number of pyridine rings is 1. The first kappa shape index (κ1) is 20.7. The van der Waals surface area contributed by atoms with Crippen LogP contribution in [0.3, 0.4) is 0 Å². The Bertz CT molecular complexity index is 821. The molecule has 0 radical (unpaired) electrons. The van der Waals surface area contributed by atoms with E-state index < -0.39 is 35.0 Å². The van der Waals surface area contributed by atoms with Gasteiger partial charge in [0.05, 0.1) is 23.0 Å². The SMILES string of the molecule is CN(C(=O)c1cc(C(F)(F)F)cc(C(F)(F)F)c1)c1cnc(Cl)cc1I. The number of hydrogen-bond donors (Lipinski definition) is 0. The van der Waals surface area contributed by atoms with E-state index in [9.17, 15) is 31.1 Å². The third-order valence-corrected chi connectivity index (χ3v) is 4.37. The highest BCUT2D eigenvalue weighted by molar-refractivity contribution is 14.1. The van der Waals surface area contributed by atoms with E-state index in [-0.39, 0.29) is 16.9 Å². The van der Waals surface area contributed by atoms with Gasteiger partial charge in [-0.15, -0.1) is 0 Å². The molecule has 0 unspecified atom stereocenters. The van der Waals surface area contributed by atoms with E-state index >= 15 is 0 Å². The molecule has 1 aromatic carbocycles. The van der Waals surface area contributed by atoms with Gasteiger partial charge in [0, 0.05) is 16.2 Å². The number of anilines is 1. The van der Waals surface area contributed by atoms with Gasteiger partial charge in [-0.3, -0.25) is 4.79 Å². The van der Waals surface area contributed by atoms with Gasteiger partial charge in [-0.05, 0) is 46.9 Å². The quantitative estimate of drug-likeness (QED) is 0.298. The maximum Gasteiger partial charge on any atom is 0.416 e. The van der Waals surface area contributed by atoms with E-state index in [1.807, 2.05) is 22.6 Å². The third-order valence-electron chi connectivity index (χ3n) is 3.30. The van der Waals surface area contributed by atoms with Crippen LogP contribution in [0.25, 0.3) is 0 Å². The molecule has 0 bridgehead atoms. The first-order valence-electron chi connectivity index (χ1n) is 6.69. The lowest BCUT2D eigenvalue weighted by molar-refractivity contribution is -0.143. The third kappa shape index (κ3) is 4.58. The Hall–Kier alpha value is -1.56. The number of aromatic nitrogens is 1. The molecule has 0 fully saturated rings. The lowest BCUT2D eigenvalue weighted by Gasteiger charge is -2.20. The van der Waals surface area contributed by atoms with Gasteiger partial charge in [-0.2, -0.15) is 26.3 Å². The number of alkyl halides is 6. The first-order valence-corrected chi connectivity index (χ1v) is 8.15. The van der Waals surface area contributed by atoms with Crippen molar-refractivity contribution in [2.75, 3.05) is 11.9 Å². The molecule has 140 valence electrons. The van der Waals surface area contributed by atoms with Gasteiger partial charge in [0.1, 0.15) is 5.15 Å². The maximum atomic E-state index is 12.9. The monoisotopic (exact) mass is 508 g/mol. The van der Waals surface area contributed by atoms with E-state index in [1.165, 1.54) is 19.3 Å². The van der Waals surface area contributed by atoms with Gasteiger partial charge in [0.15, 0.2) is 0 Å². The summed E-state index contributed by atoms with van der Waals surface area (Å²) in [5.41, 5.74) is -3.69. The van der Waals surface area contributed by atoms with Gasteiger partial charge in [0.25, 0.3) is 5.91 Å². The number of amides is 1. The van der Waals surface area contributed by atoms with Crippen molar-refractivity contribution in [1.82, 2.24) is 4.98 Å². The van der Waals surface area contributed by atoms with Gasteiger partial charge in [-0.1, -0.05) is 11.6 Å². The number of rotatable bonds is 2. The van der Waals surface area contributed by atoms with E-state index in [0.717, 1.165) is 4.90 Å². The summed E-state index contributed by atoms with van der Waals surface area (Å²) in [5, 5.41) is 0.123. The zero-order chi connectivity index (χ0) is 19.9. The molecular formula is C15H8ClF6IN2O. The average molecular weight is 509 g/mol. The summed E-state index contributed by atoms with van der Waals surface area (Å²) in [4.78, 5) is 17.1. The normalized spacial score (nSPS) is 12.2. The average Bonchev–Trinajstić information content (AvgIpc) is 2.51. The fraction of sp³-hybridized carbons (Fsp3) is 0.200. The van der Waals surface area contributed by atoms with Crippen molar-refractivity contribution in [1.29, 1.82) is 0 Å². The second-order valence-corrected chi connectivity index (χ2v) is 6.67. The highest BCUT2D eigenvalue weighted by Gasteiger charge is 2.37. The summed E-state index contributed by atoms with van der Waals surface area (Å²) in [7, 11) is 1.21. The van der Waals surface area contributed by atoms with Crippen molar-refractivity contribution in [3.05, 3.63) is 55.9 Å². The number of carbonyl (C=O) groups excluding carboxylic acids is 1. The maximum absolute atomic E-state index is 12.9. The summed E-state index contributed by atoms with van der Waals surface area (Å²) in [6, 6.07) is 2.12. The van der Waals surface area contributed by atoms with Crippen LogP contribution < -0.4 is 4.90 Å². The van der Waals surface area contributed by atoms with Crippen LogP contribution in [0.2, 0.25) is 5.15 Å². The minimum absolute atomic E-state index is 0.0373. The van der Waals surface area contributed by atoms with Crippen LogP contribution in [-0.4, -0.2) is 17.9 Å². The summed E-state index contributed by atoms with van der Waals surface area (Å²) in [5.74, 6) is -1.05. The van der Waals surface area contributed by atoms with Crippen LogP contribution >= 0.6 is 34.2 Å². The molecule has 0 aliphatic carbocycles. The van der Waals surface area contributed by atoms with Crippen LogP contribution in [0.1, 0.15) is 21.5 Å². The zero-order valence-electron chi connectivity index (χ0n) is 12.7. The standard InChI is InChI=1S/C15H8ClF6IN2O/c1-25(11-6-24-12(16)5-10(11)23)13(26)7-2-8(14(17,18)19)4-9(3-7)15(20,21)22/h2-6H,1H3. The molecular weight excluding hydrogens is 501 g/mol. The van der Waals surface area contributed by atoms with Crippen LogP contribution in [0.5, 0.6) is 0 Å². The number of halogens is 8. The van der Waals surface area contributed by atoms with Crippen molar-refractivity contribution in [2.24, 2.45) is 0 Å². The molecule has 1 aromatic heterocycles. The Morgan fingerprint density at radius 3 is 1.96 bits per heavy atom. The second-order valence-electron chi connectivity index (χ2n) is 5.12. The molecule has 0 aliphatic rings. The molecule has 2 rings (SSSR count). The van der Waals surface area contributed by atoms with Gasteiger partial charge in [-0.25, -0.2) is 4.98 Å². The topological polar surface area (TPSA) is 33.2 Å². The van der Waals surface area contributed by atoms with Crippen molar-refractivity contribution < 1.29 is 31.1 Å². The van der Waals surface area contributed by atoms with Crippen molar-refractivity contribution in [3.8, 4) is 0 Å². The predicted octanol–water partition coefficient (Wildman–Crippen LogP) is 5.65. The van der Waals surface area contributed by atoms with Crippen LogP contribution in [0.4, 0.5) is 32.0 Å². The van der Waals surface area contributed by atoms with Crippen molar-refractivity contribution >= 4 is 45.8 Å². The Labute approximate surface area is 162 Å². The fourth-order valence-electron chi connectivity index (χ4n) is 2.03. The number of hydrogen-bond acceptors (Lipinski definition) is 2. The van der Waals surface area contributed by atoms with Crippen LogP contribution in [-0.2, 0) is 12.4 Å². The summed E-state index contributed by atoms with van der Waals surface area (Å²) < 4.78 is 77.9. The fourth-order valence-corrected chi connectivity index (χ4v) is 3.17. The molecule has 1 amide bonds. The summed E-state index contributed by atoms with van der Waals surface area (Å²) in [6.45, 7) is 0. The largest absolute Gasteiger partial charge is 0.416 e. The summed E-state index contributed by atoms with van der Waals surface area (Å²) >= 11 is 7.51. The van der Waals surface area contributed by atoms with Crippen LogP contribution in [0, 0.1) is 3.57 Å². The molecule has 0 spiro atoms. The van der Waals surface area contributed by atoms with E-state index in [0.29, 0.717) is 15.7 Å². The molecule has 1 heterocycles. The van der Waals surface area contributed by atoms with Gasteiger partial charge in [0.2, 0.25) is 0 Å². The molecule has 11 heteroatoms. The van der Waals surface area contributed by atoms with Crippen molar-refractivity contribution in [3.63, 3.8) is 0 Å². The molecule has 0 saturated heterocycles. The Kier molecular flexibility index (Phi) is 5.76. The van der Waals surface area contributed by atoms with Crippen LogP contribution in [0.15, 0.2) is 30.5 Å². The number of carbonyl (C=O) groups is 1. The second kappa shape index (κ2) is 7.22. The molecule has 0 atom stereocenters. The minimum atomic E-state index is -5.04. The Morgan fingerprint density at radius 1 is 1.04 bits per heavy atom. The van der Waals surface area contributed by atoms with E-state index in [1.54, 1.807) is 0 Å². The lowest BCUT2D eigenvalue weighted by atomic mass is 10.0. The molecule has 3 nitrogen and oxygen atoms in total. The minimum Gasteiger partial charge on any atom is -0.309 e. The first-order chi connectivity index (χ1) is 11.8. The van der Waals surface area contributed by atoms with Gasteiger partial charge < -0.3 is 4.90 Å². The highest BCUT2D eigenvalue weighted by Crippen LogP contribution is 2.37. The number of benzene rings is 1. The molecule has 0 saturated carbocycles. The molecule has 0 aliphatic heterocycles. The van der Waals surface area contributed by atoms with E-state index in [4.69, 9.17) is 11.6 Å². The van der Waals surface area contributed by atoms with E-state index in [2.05, 4.69) is 4.98 Å².